The molecule has 0 aromatic carbocycles. The lowest BCUT2D eigenvalue weighted by Gasteiger charge is -2.21. The minimum atomic E-state index is 0.668. The number of ether oxygens (including phenoxy) is 1. The summed E-state index contributed by atoms with van der Waals surface area (Å²) >= 11 is 2.08. The molecule has 1 aliphatic rings. The van der Waals surface area contributed by atoms with Gasteiger partial charge in [-0.15, -0.1) is 0 Å². The van der Waals surface area contributed by atoms with Gasteiger partial charge in [-0.2, -0.15) is 11.8 Å². The number of hydrogen-bond acceptors (Lipinski definition) is 4. The topological polar surface area (TPSA) is 34.1 Å². The quantitative estimate of drug-likeness (QED) is 0.874. The van der Waals surface area contributed by atoms with Crippen molar-refractivity contribution in [3.05, 3.63) is 18.3 Å². The second-order valence-corrected chi connectivity index (χ2v) is 5.36. The molecule has 0 amide bonds. The zero-order chi connectivity index (χ0) is 11.2. The van der Waals surface area contributed by atoms with Crippen LogP contribution in [0.15, 0.2) is 18.3 Å². The van der Waals surface area contributed by atoms with E-state index in [0.29, 0.717) is 5.88 Å². The largest absolute Gasteiger partial charge is 0.481 e. The summed E-state index contributed by atoms with van der Waals surface area (Å²) < 4.78 is 5.09. The van der Waals surface area contributed by atoms with E-state index >= 15 is 0 Å². The van der Waals surface area contributed by atoms with Gasteiger partial charge in [-0.05, 0) is 24.7 Å². The van der Waals surface area contributed by atoms with Crippen LogP contribution in [-0.2, 0) is 0 Å². The van der Waals surface area contributed by atoms with Crippen molar-refractivity contribution in [1.82, 2.24) is 4.98 Å². The Morgan fingerprint density at radius 2 is 2.50 bits per heavy atom. The molecule has 1 N–H and O–H groups in total. The van der Waals surface area contributed by atoms with E-state index in [4.69, 9.17) is 4.74 Å². The lowest BCUT2D eigenvalue weighted by Crippen LogP contribution is -2.19. The molecule has 16 heavy (non-hydrogen) atoms. The first-order valence-corrected chi connectivity index (χ1v) is 6.79. The SMILES string of the molecule is COc1cc(NCC2CCCCS2)ccn1. The standard InChI is InChI=1S/C12H18N2OS/c1-15-12-8-10(5-6-13-12)14-9-11-4-2-3-7-16-11/h5-6,8,11H,2-4,7,9H2,1H3,(H,13,14). The fourth-order valence-corrected chi connectivity index (χ4v) is 3.07. The molecule has 1 aliphatic heterocycles. The molecule has 1 saturated heterocycles. The zero-order valence-electron chi connectivity index (χ0n) is 9.61. The molecule has 1 unspecified atom stereocenters. The van der Waals surface area contributed by atoms with Crippen LogP contribution in [0.5, 0.6) is 5.88 Å². The predicted octanol–water partition coefficient (Wildman–Crippen LogP) is 2.79. The van der Waals surface area contributed by atoms with E-state index in [1.807, 2.05) is 12.1 Å². The predicted molar refractivity (Wildman–Crippen MR) is 69.4 cm³/mol. The molecule has 1 aromatic heterocycles. The van der Waals surface area contributed by atoms with Crippen LogP contribution in [-0.4, -0.2) is 29.6 Å². The van der Waals surface area contributed by atoms with E-state index in [1.54, 1.807) is 13.3 Å². The third-order valence-corrected chi connectivity index (χ3v) is 4.15. The molecule has 2 rings (SSSR count). The van der Waals surface area contributed by atoms with Crippen molar-refractivity contribution in [2.75, 3.05) is 24.7 Å². The maximum absolute atomic E-state index is 5.09. The summed E-state index contributed by atoms with van der Waals surface area (Å²) in [6.07, 6.45) is 5.86. The Labute approximate surface area is 101 Å². The number of methoxy groups -OCH3 is 1. The zero-order valence-corrected chi connectivity index (χ0v) is 10.4. The molecular weight excluding hydrogens is 220 g/mol. The minimum absolute atomic E-state index is 0.668. The Kier molecular flexibility index (Phi) is 4.34. The van der Waals surface area contributed by atoms with Crippen molar-refractivity contribution < 1.29 is 4.74 Å². The van der Waals surface area contributed by atoms with Gasteiger partial charge < -0.3 is 10.1 Å². The van der Waals surface area contributed by atoms with Gasteiger partial charge in [0.25, 0.3) is 0 Å². The number of nitrogens with zero attached hydrogens (tertiary/aromatic N) is 1. The maximum atomic E-state index is 5.09. The van der Waals surface area contributed by atoms with Crippen molar-refractivity contribution in [3.8, 4) is 5.88 Å². The van der Waals surface area contributed by atoms with E-state index in [9.17, 15) is 0 Å². The van der Waals surface area contributed by atoms with Crippen LogP contribution < -0.4 is 10.1 Å². The van der Waals surface area contributed by atoms with Crippen LogP contribution in [0.1, 0.15) is 19.3 Å². The molecule has 0 radical (unpaired) electrons. The van der Waals surface area contributed by atoms with E-state index in [1.165, 1.54) is 25.0 Å². The van der Waals surface area contributed by atoms with E-state index < -0.39 is 0 Å². The van der Waals surface area contributed by atoms with Crippen LogP contribution in [0.4, 0.5) is 5.69 Å². The third-order valence-electron chi connectivity index (χ3n) is 2.75. The number of hydrogen-bond donors (Lipinski definition) is 1. The normalized spacial score (nSPS) is 20.4. The Morgan fingerprint density at radius 3 is 3.25 bits per heavy atom. The first kappa shape index (κ1) is 11.6. The molecule has 4 heteroatoms. The van der Waals surface area contributed by atoms with Crippen molar-refractivity contribution in [2.24, 2.45) is 0 Å². The summed E-state index contributed by atoms with van der Waals surface area (Å²) in [5.74, 6) is 1.98. The van der Waals surface area contributed by atoms with Crippen LogP contribution >= 0.6 is 11.8 Å². The van der Waals surface area contributed by atoms with Gasteiger partial charge in [0, 0.05) is 29.7 Å². The number of rotatable bonds is 4. The van der Waals surface area contributed by atoms with Gasteiger partial charge in [-0.3, -0.25) is 0 Å². The summed E-state index contributed by atoms with van der Waals surface area (Å²) in [6, 6.07) is 3.92. The Bertz CT molecular complexity index is 327. The van der Waals surface area contributed by atoms with Crippen LogP contribution in [0.25, 0.3) is 0 Å². The summed E-state index contributed by atoms with van der Waals surface area (Å²) in [4.78, 5) is 4.09. The Hall–Kier alpha value is -0.900. The van der Waals surface area contributed by atoms with Crippen molar-refractivity contribution >= 4 is 17.4 Å². The lowest BCUT2D eigenvalue weighted by molar-refractivity contribution is 0.398. The van der Waals surface area contributed by atoms with Gasteiger partial charge in [-0.25, -0.2) is 4.98 Å². The summed E-state index contributed by atoms with van der Waals surface area (Å²) in [5.41, 5.74) is 1.10. The Balaban J connectivity index is 1.83. The molecule has 1 aromatic rings. The van der Waals surface area contributed by atoms with E-state index in [0.717, 1.165) is 17.5 Å². The minimum Gasteiger partial charge on any atom is -0.481 e. The third kappa shape index (κ3) is 3.30. The van der Waals surface area contributed by atoms with Gasteiger partial charge in [0.1, 0.15) is 0 Å². The smallest absolute Gasteiger partial charge is 0.214 e. The molecule has 1 fully saturated rings. The number of thioether (sulfide) groups is 1. The van der Waals surface area contributed by atoms with Gasteiger partial charge >= 0.3 is 0 Å². The fourth-order valence-electron chi connectivity index (χ4n) is 1.83. The second kappa shape index (κ2) is 5.99. The number of aromatic nitrogens is 1. The molecule has 3 nitrogen and oxygen atoms in total. The lowest BCUT2D eigenvalue weighted by atomic mass is 10.2. The molecule has 0 saturated carbocycles. The van der Waals surface area contributed by atoms with Gasteiger partial charge in [-0.1, -0.05) is 6.42 Å². The fraction of sp³-hybridized carbons (Fsp3) is 0.583. The molecule has 0 bridgehead atoms. The molecule has 2 heterocycles. The van der Waals surface area contributed by atoms with Crippen molar-refractivity contribution in [3.63, 3.8) is 0 Å². The molecule has 0 aliphatic carbocycles. The van der Waals surface area contributed by atoms with Crippen molar-refractivity contribution in [1.29, 1.82) is 0 Å². The summed E-state index contributed by atoms with van der Waals surface area (Å²) in [7, 11) is 1.64. The monoisotopic (exact) mass is 238 g/mol. The average Bonchev–Trinajstić information content (AvgIpc) is 2.38. The molecular formula is C12H18N2OS. The first-order valence-electron chi connectivity index (χ1n) is 5.74. The molecule has 0 spiro atoms. The second-order valence-electron chi connectivity index (χ2n) is 3.96. The summed E-state index contributed by atoms with van der Waals surface area (Å²) in [6.45, 7) is 1.04. The van der Waals surface area contributed by atoms with Gasteiger partial charge in [0.15, 0.2) is 0 Å². The van der Waals surface area contributed by atoms with Gasteiger partial charge in [0.2, 0.25) is 5.88 Å². The average molecular weight is 238 g/mol. The highest BCUT2D eigenvalue weighted by Gasteiger charge is 2.13. The summed E-state index contributed by atoms with van der Waals surface area (Å²) in [5, 5.41) is 4.21. The van der Waals surface area contributed by atoms with E-state index in [2.05, 4.69) is 22.1 Å². The highest BCUT2D eigenvalue weighted by Crippen LogP contribution is 2.25. The highest BCUT2D eigenvalue weighted by molar-refractivity contribution is 7.99. The van der Waals surface area contributed by atoms with E-state index in [-0.39, 0.29) is 0 Å². The maximum Gasteiger partial charge on any atom is 0.214 e. The molecule has 88 valence electrons. The number of nitrogens with one attached hydrogen (secondary N) is 1. The number of anilines is 1. The van der Waals surface area contributed by atoms with Crippen LogP contribution in [0.2, 0.25) is 0 Å². The van der Waals surface area contributed by atoms with Crippen LogP contribution in [0, 0.1) is 0 Å². The number of pyridine rings is 1. The highest BCUT2D eigenvalue weighted by atomic mass is 32.2. The van der Waals surface area contributed by atoms with Crippen molar-refractivity contribution in [2.45, 2.75) is 24.5 Å². The van der Waals surface area contributed by atoms with Crippen LogP contribution in [0.3, 0.4) is 0 Å². The first-order chi connectivity index (χ1) is 7.88. The Morgan fingerprint density at radius 1 is 1.56 bits per heavy atom. The molecule has 1 atom stereocenters. The van der Waals surface area contributed by atoms with Gasteiger partial charge in [0.05, 0.1) is 7.11 Å².